The van der Waals surface area contributed by atoms with Gasteiger partial charge in [-0.2, -0.15) is 0 Å². The fourth-order valence-electron chi connectivity index (χ4n) is 2.14. The minimum absolute atomic E-state index is 0.0324. The lowest BCUT2D eigenvalue weighted by Gasteiger charge is -2.23. The van der Waals surface area contributed by atoms with E-state index >= 15 is 0 Å². The third-order valence-corrected chi connectivity index (χ3v) is 3.54. The highest BCUT2D eigenvalue weighted by Crippen LogP contribution is 2.25. The molecule has 1 aliphatic rings. The second-order valence-electron chi connectivity index (χ2n) is 4.63. The molecule has 1 aromatic rings. The molecule has 1 amide bonds. The molecule has 1 fully saturated rings. The molecule has 1 aromatic carbocycles. The van der Waals surface area contributed by atoms with Crippen molar-refractivity contribution in [2.24, 2.45) is 0 Å². The molecule has 1 aliphatic heterocycles. The molecule has 1 saturated heterocycles. The van der Waals surface area contributed by atoms with E-state index in [0.29, 0.717) is 37.0 Å². The maximum Gasteiger partial charge on any atom is 0.221 e. The zero-order valence-corrected chi connectivity index (χ0v) is 12.2. The number of rotatable bonds is 5. The lowest BCUT2D eigenvalue weighted by atomic mass is 10.1. The van der Waals surface area contributed by atoms with Crippen LogP contribution >= 0.6 is 11.6 Å². The van der Waals surface area contributed by atoms with Gasteiger partial charge in [0, 0.05) is 36.1 Å². The molecular formula is C14H19ClN2O3. The van der Waals surface area contributed by atoms with Crippen LogP contribution in [-0.4, -0.2) is 38.8 Å². The molecule has 2 N–H and O–H groups in total. The molecule has 0 bridgehead atoms. The third-order valence-electron chi connectivity index (χ3n) is 3.19. The van der Waals surface area contributed by atoms with E-state index in [1.54, 1.807) is 13.2 Å². The van der Waals surface area contributed by atoms with Crippen LogP contribution in [0.2, 0.25) is 5.02 Å². The van der Waals surface area contributed by atoms with Crippen molar-refractivity contribution in [3.63, 3.8) is 0 Å². The van der Waals surface area contributed by atoms with Crippen molar-refractivity contribution >= 4 is 17.5 Å². The van der Waals surface area contributed by atoms with Gasteiger partial charge in [0.1, 0.15) is 5.75 Å². The molecule has 20 heavy (non-hydrogen) atoms. The number of ether oxygens (including phenoxy) is 2. The standard InChI is InChI=1S/C14H19ClN2O3/c1-19-13-4-2-3-12(15)11(13)8-17-14(18)7-10-9-20-6-5-16-10/h2-4,10,16H,5-9H2,1H3,(H,17,18). The Morgan fingerprint density at radius 2 is 2.45 bits per heavy atom. The van der Waals surface area contributed by atoms with Crippen LogP contribution in [0.4, 0.5) is 0 Å². The summed E-state index contributed by atoms with van der Waals surface area (Å²) in [5, 5.41) is 6.70. The third kappa shape index (κ3) is 4.10. The van der Waals surface area contributed by atoms with Gasteiger partial charge < -0.3 is 20.1 Å². The second-order valence-corrected chi connectivity index (χ2v) is 5.03. The number of morpholine rings is 1. The molecule has 110 valence electrons. The van der Waals surface area contributed by atoms with Crippen molar-refractivity contribution in [1.82, 2.24) is 10.6 Å². The lowest BCUT2D eigenvalue weighted by molar-refractivity contribution is -0.122. The summed E-state index contributed by atoms with van der Waals surface area (Å²) in [7, 11) is 1.58. The first-order valence-corrected chi connectivity index (χ1v) is 6.97. The quantitative estimate of drug-likeness (QED) is 0.861. The molecule has 1 atom stereocenters. The summed E-state index contributed by atoms with van der Waals surface area (Å²) in [6.07, 6.45) is 0.396. The zero-order valence-electron chi connectivity index (χ0n) is 11.4. The van der Waals surface area contributed by atoms with Gasteiger partial charge in [-0.05, 0) is 12.1 Å². The zero-order chi connectivity index (χ0) is 14.4. The van der Waals surface area contributed by atoms with Gasteiger partial charge in [0.05, 0.1) is 20.3 Å². The molecule has 1 unspecified atom stereocenters. The van der Waals surface area contributed by atoms with Crippen molar-refractivity contribution in [2.45, 2.75) is 19.0 Å². The predicted molar refractivity (Wildman–Crippen MR) is 77.1 cm³/mol. The van der Waals surface area contributed by atoms with Gasteiger partial charge >= 0.3 is 0 Å². The van der Waals surface area contributed by atoms with Crippen molar-refractivity contribution in [3.05, 3.63) is 28.8 Å². The average Bonchev–Trinajstić information content (AvgIpc) is 2.46. The summed E-state index contributed by atoms with van der Waals surface area (Å²) in [5.74, 6) is 0.645. The van der Waals surface area contributed by atoms with Gasteiger partial charge in [-0.15, -0.1) is 0 Å². The number of nitrogens with one attached hydrogen (secondary N) is 2. The average molecular weight is 299 g/mol. The van der Waals surface area contributed by atoms with Gasteiger partial charge in [0.25, 0.3) is 0 Å². The number of benzene rings is 1. The van der Waals surface area contributed by atoms with Crippen LogP contribution in [0.3, 0.4) is 0 Å². The number of hydrogen-bond acceptors (Lipinski definition) is 4. The van der Waals surface area contributed by atoms with E-state index in [1.165, 1.54) is 0 Å². The van der Waals surface area contributed by atoms with Gasteiger partial charge in [-0.3, -0.25) is 4.79 Å². The van der Waals surface area contributed by atoms with Gasteiger partial charge in [-0.1, -0.05) is 17.7 Å². The first-order chi connectivity index (χ1) is 9.70. The molecular weight excluding hydrogens is 280 g/mol. The summed E-state index contributed by atoms with van der Waals surface area (Å²) < 4.78 is 10.6. The Morgan fingerprint density at radius 3 is 3.15 bits per heavy atom. The highest BCUT2D eigenvalue weighted by atomic mass is 35.5. The first kappa shape index (κ1) is 15.1. The Hall–Kier alpha value is -1.30. The topological polar surface area (TPSA) is 59.6 Å². The highest BCUT2D eigenvalue weighted by Gasteiger charge is 2.17. The maximum absolute atomic E-state index is 11.9. The number of carbonyl (C=O) groups is 1. The SMILES string of the molecule is COc1cccc(Cl)c1CNC(=O)CC1COCCN1. The van der Waals surface area contributed by atoms with E-state index in [1.807, 2.05) is 12.1 Å². The van der Waals surface area contributed by atoms with E-state index < -0.39 is 0 Å². The largest absolute Gasteiger partial charge is 0.496 e. The Labute approximate surface area is 123 Å². The molecule has 1 heterocycles. The summed E-state index contributed by atoms with van der Waals surface area (Å²) in [6, 6.07) is 5.50. The molecule has 5 nitrogen and oxygen atoms in total. The first-order valence-electron chi connectivity index (χ1n) is 6.60. The molecule has 0 spiro atoms. The number of halogens is 1. The van der Waals surface area contributed by atoms with Crippen molar-refractivity contribution < 1.29 is 14.3 Å². The number of carbonyl (C=O) groups excluding carboxylic acids is 1. The van der Waals surface area contributed by atoms with Gasteiger partial charge in [0.2, 0.25) is 5.91 Å². The van der Waals surface area contributed by atoms with E-state index in [-0.39, 0.29) is 11.9 Å². The number of methoxy groups -OCH3 is 1. The monoisotopic (exact) mass is 298 g/mol. The molecule has 0 radical (unpaired) electrons. The molecule has 0 aliphatic carbocycles. The Kier molecular flexibility index (Phi) is 5.64. The van der Waals surface area contributed by atoms with Gasteiger partial charge in [0.15, 0.2) is 0 Å². The van der Waals surface area contributed by atoms with Crippen LogP contribution in [-0.2, 0) is 16.1 Å². The Balaban J connectivity index is 1.86. The Morgan fingerprint density at radius 1 is 1.60 bits per heavy atom. The predicted octanol–water partition coefficient (Wildman–Crippen LogP) is 1.34. The van der Waals surface area contributed by atoms with E-state index in [4.69, 9.17) is 21.1 Å². The maximum atomic E-state index is 11.9. The van der Waals surface area contributed by atoms with Crippen LogP contribution in [0.1, 0.15) is 12.0 Å². The molecule has 2 rings (SSSR count). The van der Waals surface area contributed by atoms with Crippen molar-refractivity contribution in [3.8, 4) is 5.75 Å². The fourth-order valence-corrected chi connectivity index (χ4v) is 2.37. The smallest absolute Gasteiger partial charge is 0.221 e. The molecule has 0 aromatic heterocycles. The number of hydrogen-bond donors (Lipinski definition) is 2. The van der Waals surface area contributed by atoms with E-state index in [9.17, 15) is 4.79 Å². The van der Waals surface area contributed by atoms with Crippen LogP contribution in [0.15, 0.2) is 18.2 Å². The molecule has 0 saturated carbocycles. The summed E-state index contributed by atoms with van der Waals surface area (Å²) >= 11 is 6.12. The second kappa shape index (κ2) is 7.47. The minimum atomic E-state index is -0.0324. The normalized spacial score (nSPS) is 18.6. The number of amides is 1. The minimum Gasteiger partial charge on any atom is -0.496 e. The van der Waals surface area contributed by atoms with Crippen LogP contribution in [0, 0.1) is 0 Å². The molecule has 6 heteroatoms. The van der Waals surface area contributed by atoms with Crippen molar-refractivity contribution in [1.29, 1.82) is 0 Å². The summed E-state index contributed by atoms with van der Waals surface area (Å²) in [5.41, 5.74) is 0.790. The Bertz CT molecular complexity index is 462. The summed E-state index contributed by atoms with van der Waals surface area (Å²) in [4.78, 5) is 11.9. The van der Waals surface area contributed by atoms with Gasteiger partial charge in [-0.25, -0.2) is 0 Å². The fraction of sp³-hybridized carbons (Fsp3) is 0.500. The van der Waals surface area contributed by atoms with E-state index in [2.05, 4.69) is 10.6 Å². The van der Waals surface area contributed by atoms with Crippen LogP contribution in [0.25, 0.3) is 0 Å². The van der Waals surface area contributed by atoms with E-state index in [0.717, 1.165) is 12.1 Å². The van der Waals surface area contributed by atoms with Crippen LogP contribution in [0.5, 0.6) is 5.75 Å². The summed E-state index contributed by atoms with van der Waals surface area (Å²) in [6.45, 7) is 2.42. The lowest BCUT2D eigenvalue weighted by Crippen LogP contribution is -2.44. The van der Waals surface area contributed by atoms with Crippen LogP contribution < -0.4 is 15.4 Å². The van der Waals surface area contributed by atoms with Crippen molar-refractivity contribution in [2.75, 3.05) is 26.9 Å². The highest BCUT2D eigenvalue weighted by molar-refractivity contribution is 6.31.